The summed E-state index contributed by atoms with van der Waals surface area (Å²) in [6.45, 7) is 6.60. The van der Waals surface area contributed by atoms with Crippen molar-refractivity contribution < 1.29 is 22.7 Å². The van der Waals surface area contributed by atoms with Crippen LogP contribution in [-0.4, -0.2) is 53.8 Å². The fourth-order valence-electron chi connectivity index (χ4n) is 3.63. The molecule has 35 heavy (non-hydrogen) atoms. The van der Waals surface area contributed by atoms with Crippen molar-refractivity contribution in [3.05, 3.63) is 65.1 Å². The Morgan fingerprint density at radius 1 is 1.26 bits per heavy atom. The zero-order valence-electron chi connectivity index (χ0n) is 19.8. The Hall–Kier alpha value is -3.40. The fourth-order valence-corrected chi connectivity index (χ4v) is 3.63. The van der Waals surface area contributed by atoms with Crippen LogP contribution in [0.25, 0.3) is 0 Å². The van der Waals surface area contributed by atoms with Gasteiger partial charge in [-0.2, -0.15) is 4.98 Å². The first kappa shape index (κ1) is 26.2. The second-order valence-corrected chi connectivity index (χ2v) is 8.58. The maximum Gasteiger partial charge on any atom is 0.262 e. The van der Waals surface area contributed by atoms with Crippen molar-refractivity contribution in [1.82, 2.24) is 9.88 Å². The van der Waals surface area contributed by atoms with Crippen molar-refractivity contribution in [2.45, 2.75) is 45.3 Å². The van der Waals surface area contributed by atoms with Crippen molar-refractivity contribution >= 4 is 17.9 Å². The summed E-state index contributed by atoms with van der Waals surface area (Å²) >= 11 is 0. The molecule has 0 atom stereocenters. The van der Waals surface area contributed by atoms with Crippen molar-refractivity contribution in [2.24, 2.45) is 10.7 Å². The number of aliphatic imine (C=N–C) groups is 1. The number of rotatable bonds is 9. The lowest BCUT2D eigenvalue weighted by Crippen LogP contribution is -2.39. The zero-order chi connectivity index (χ0) is 25.4. The first-order valence-corrected chi connectivity index (χ1v) is 11.5. The third-order valence-electron chi connectivity index (χ3n) is 5.49. The van der Waals surface area contributed by atoms with Gasteiger partial charge < -0.3 is 20.7 Å². The van der Waals surface area contributed by atoms with Crippen LogP contribution in [0.4, 0.5) is 19.0 Å². The minimum absolute atomic E-state index is 0.0521. The number of piperidine rings is 1. The van der Waals surface area contributed by atoms with E-state index in [9.17, 15) is 18.0 Å². The van der Waals surface area contributed by atoms with E-state index in [0.29, 0.717) is 18.0 Å². The third-order valence-corrected chi connectivity index (χ3v) is 5.49. The third kappa shape index (κ3) is 7.81. The summed E-state index contributed by atoms with van der Waals surface area (Å²) in [5.74, 6) is -4.40. The predicted octanol–water partition coefficient (Wildman–Crippen LogP) is 4.31. The number of carbonyl (C=O) groups excluding carboxylic acids is 1. The molecule has 0 aliphatic carbocycles. The second kappa shape index (κ2) is 12.3. The average molecular weight is 490 g/mol. The van der Waals surface area contributed by atoms with E-state index in [2.05, 4.69) is 20.2 Å². The summed E-state index contributed by atoms with van der Waals surface area (Å²) in [7, 11) is 0. The van der Waals surface area contributed by atoms with Crippen LogP contribution in [0, 0.1) is 17.5 Å². The minimum atomic E-state index is -1.29. The molecule has 2 aromatic rings. The molecule has 7 nitrogen and oxygen atoms in total. The van der Waals surface area contributed by atoms with Gasteiger partial charge in [-0.05, 0) is 50.9 Å². The van der Waals surface area contributed by atoms with Gasteiger partial charge in [-0.25, -0.2) is 13.2 Å². The number of nitrogens with zero attached hydrogens (tertiary/aromatic N) is 3. The van der Waals surface area contributed by atoms with Gasteiger partial charge in [0, 0.05) is 50.1 Å². The van der Waals surface area contributed by atoms with Gasteiger partial charge in [0.25, 0.3) is 5.91 Å². The number of halogens is 3. The van der Waals surface area contributed by atoms with E-state index < -0.39 is 28.9 Å². The summed E-state index contributed by atoms with van der Waals surface area (Å²) in [5, 5.41) is 2.33. The molecule has 2 heterocycles. The van der Waals surface area contributed by atoms with Crippen LogP contribution in [0.3, 0.4) is 0 Å². The molecule has 3 N–H and O–H groups in total. The number of benzene rings is 1. The molecule has 1 aromatic heterocycles. The highest BCUT2D eigenvalue weighted by atomic mass is 19.1. The monoisotopic (exact) mass is 489 g/mol. The van der Waals surface area contributed by atoms with E-state index in [0.717, 1.165) is 44.5 Å². The van der Waals surface area contributed by atoms with Gasteiger partial charge in [-0.15, -0.1) is 0 Å². The molecule has 0 saturated carbocycles. The summed E-state index contributed by atoms with van der Waals surface area (Å²) in [6, 6.07) is 5.85. The van der Waals surface area contributed by atoms with E-state index in [1.807, 2.05) is 20.1 Å². The lowest BCUT2D eigenvalue weighted by molar-refractivity contribution is 0.0977. The number of aromatic nitrogens is 1. The molecule has 188 valence electrons. The highest BCUT2D eigenvalue weighted by Crippen LogP contribution is 2.21. The molecule has 0 bridgehead atoms. The number of ether oxygens (including phenoxy) is 1. The number of nitrogens with one attached hydrogen (secondary N) is 1. The van der Waals surface area contributed by atoms with Gasteiger partial charge in [-0.1, -0.05) is 6.07 Å². The first-order valence-electron chi connectivity index (χ1n) is 11.5. The van der Waals surface area contributed by atoms with Crippen LogP contribution in [0.15, 0.2) is 47.1 Å². The number of amides is 1. The lowest BCUT2D eigenvalue weighted by Gasteiger charge is -2.31. The van der Waals surface area contributed by atoms with Crippen molar-refractivity contribution in [1.29, 1.82) is 0 Å². The van der Waals surface area contributed by atoms with Gasteiger partial charge >= 0.3 is 0 Å². The van der Waals surface area contributed by atoms with Crippen LogP contribution in [0.5, 0.6) is 5.88 Å². The Kier molecular flexibility index (Phi) is 9.25. The van der Waals surface area contributed by atoms with E-state index in [4.69, 9.17) is 10.5 Å². The molecule has 1 aromatic carbocycles. The minimum Gasteiger partial charge on any atom is -0.474 e. The molecule has 1 saturated heterocycles. The van der Waals surface area contributed by atoms with Gasteiger partial charge in [0.1, 0.15) is 34.9 Å². The lowest BCUT2D eigenvalue weighted by atomic mass is 10.1. The normalized spacial score (nSPS) is 15.7. The highest BCUT2D eigenvalue weighted by molar-refractivity contribution is 6.04. The topological polar surface area (TPSA) is 92.8 Å². The summed E-state index contributed by atoms with van der Waals surface area (Å²) in [4.78, 5) is 23.2. The van der Waals surface area contributed by atoms with Crippen molar-refractivity contribution in [3.63, 3.8) is 0 Å². The summed E-state index contributed by atoms with van der Waals surface area (Å²) in [5.41, 5.74) is 5.82. The average Bonchev–Trinajstić information content (AvgIpc) is 2.79. The molecule has 1 aliphatic heterocycles. The number of pyridine rings is 1. The first-order chi connectivity index (χ1) is 16.7. The van der Waals surface area contributed by atoms with Crippen LogP contribution in [0.1, 0.15) is 43.5 Å². The Balaban J connectivity index is 1.51. The zero-order valence-corrected chi connectivity index (χ0v) is 19.8. The maximum atomic E-state index is 13.9. The summed E-state index contributed by atoms with van der Waals surface area (Å²) < 4.78 is 46.8. The van der Waals surface area contributed by atoms with E-state index in [1.54, 1.807) is 18.3 Å². The van der Waals surface area contributed by atoms with Crippen molar-refractivity contribution in [2.75, 3.05) is 25.0 Å². The number of hydrogen-bond donors (Lipinski definition) is 2. The predicted molar refractivity (Wildman–Crippen MR) is 129 cm³/mol. The van der Waals surface area contributed by atoms with Gasteiger partial charge in [-0.3, -0.25) is 9.79 Å². The molecular weight excluding hydrogens is 459 g/mol. The Labute approximate surface area is 202 Å². The van der Waals surface area contributed by atoms with Gasteiger partial charge in [0.05, 0.1) is 0 Å². The number of anilines is 1. The van der Waals surface area contributed by atoms with Crippen LogP contribution in [0.2, 0.25) is 0 Å². The molecule has 0 radical (unpaired) electrons. The molecular formula is C25H30F3N5O2. The quantitative estimate of drug-likeness (QED) is 0.512. The van der Waals surface area contributed by atoms with E-state index in [1.165, 1.54) is 6.07 Å². The Morgan fingerprint density at radius 3 is 2.57 bits per heavy atom. The molecule has 10 heteroatoms. The standard InChI is InChI=1S/C25H30F3N5O2/c1-16(2)30-15-17(14-29)6-9-33-10-7-19(8-11-33)35-23-5-3-4-22(31-23)32-25(34)24-20(27)12-18(26)13-21(24)28/h3-5,12-16,19H,6-11,29H2,1-2H3,(H,31,32,34). The Bertz CT molecular complexity index is 1060. The second-order valence-electron chi connectivity index (χ2n) is 8.58. The largest absolute Gasteiger partial charge is 0.474 e. The number of nitrogens with two attached hydrogens (primary N) is 1. The smallest absolute Gasteiger partial charge is 0.262 e. The number of hydrogen-bond acceptors (Lipinski definition) is 6. The van der Waals surface area contributed by atoms with Crippen molar-refractivity contribution in [3.8, 4) is 5.88 Å². The fraction of sp³-hybridized carbons (Fsp3) is 0.400. The molecule has 1 amide bonds. The SMILES string of the molecule is CC(C)N=CC(=CN)CCN1CCC(Oc2cccc(NC(=O)c3c(F)cc(F)cc3F)n2)CC1. The van der Waals surface area contributed by atoms with E-state index in [-0.39, 0.29) is 18.0 Å². The molecule has 0 spiro atoms. The van der Waals surface area contributed by atoms with Crippen LogP contribution in [-0.2, 0) is 0 Å². The number of carbonyl (C=O) groups is 1. The molecule has 0 unspecified atom stereocenters. The van der Waals surface area contributed by atoms with Gasteiger partial charge in [0.15, 0.2) is 0 Å². The molecule has 3 rings (SSSR count). The summed E-state index contributed by atoms with van der Waals surface area (Å²) in [6.07, 6.45) is 5.78. The maximum absolute atomic E-state index is 13.9. The molecule has 1 aliphatic rings. The number of likely N-dealkylation sites (tertiary alicyclic amines) is 1. The van der Waals surface area contributed by atoms with Crippen LogP contribution < -0.4 is 15.8 Å². The Morgan fingerprint density at radius 2 is 1.94 bits per heavy atom. The molecule has 1 fully saturated rings. The van der Waals surface area contributed by atoms with E-state index >= 15 is 0 Å². The van der Waals surface area contributed by atoms with Gasteiger partial charge in [0.2, 0.25) is 5.88 Å². The highest BCUT2D eigenvalue weighted by Gasteiger charge is 2.22. The van der Waals surface area contributed by atoms with Crippen LogP contribution >= 0.6 is 0 Å².